The summed E-state index contributed by atoms with van der Waals surface area (Å²) in [5.74, 6) is 0.184. The number of allylic oxidation sites excluding steroid dienone is 1. The first-order chi connectivity index (χ1) is 14.8. The van der Waals surface area contributed by atoms with Crippen LogP contribution in [0.3, 0.4) is 0 Å². The second kappa shape index (κ2) is 6.77. The van der Waals surface area contributed by atoms with Gasteiger partial charge in [-0.25, -0.2) is 0 Å². The van der Waals surface area contributed by atoms with Crippen LogP contribution >= 0.6 is 0 Å². The van der Waals surface area contributed by atoms with Crippen molar-refractivity contribution in [2.24, 2.45) is 4.99 Å². The van der Waals surface area contributed by atoms with Gasteiger partial charge in [-0.3, -0.25) is 4.99 Å². The topological polar surface area (TPSA) is 68.6 Å². The number of alkyl halides is 3. The van der Waals surface area contributed by atoms with Gasteiger partial charge in [0, 0.05) is 57.7 Å². The van der Waals surface area contributed by atoms with E-state index >= 15 is 0 Å². The van der Waals surface area contributed by atoms with Gasteiger partial charge in [0.2, 0.25) is 0 Å². The Bertz CT molecular complexity index is 1380. The quantitative estimate of drug-likeness (QED) is 0.358. The van der Waals surface area contributed by atoms with E-state index in [-0.39, 0.29) is 11.5 Å². The Morgan fingerprint density at radius 3 is 2.32 bits per heavy atom. The summed E-state index contributed by atoms with van der Waals surface area (Å²) in [6.45, 7) is 0. The third kappa shape index (κ3) is 3.24. The molecule has 0 fully saturated rings. The van der Waals surface area contributed by atoms with Crippen LogP contribution in [0.2, 0.25) is 0 Å². The highest BCUT2D eigenvalue weighted by atomic mass is 19.4. The predicted octanol–water partition coefficient (Wildman–Crippen LogP) is 6.27. The summed E-state index contributed by atoms with van der Waals surface area (Å²) in [4.78, 5) is 7.49. The number of H-pyrrole nitrogens is 1. The highest BCUT2D eigenvalue weighted by molar-refractivity contribution is 6.27. The molecule has 0 amide bonds. The van der Waals surface area contributed by atoms with Gasteiger partial charge >= 0.3 is 6.18 Å². The molecule has 3 aromatic carbocycles. The minimum absolute atomic E-state index is 0.0794. The molecule has 0 bridgehead atoms. The second-order valence-corrected chi connectivity index (χ2v) is 7.26. The molecule has 7 heteroatoms. The number of nitrogens with zero attached hydrogens (tertiary/aromatic N) is 1. The third-order valence-corrected chi connectivity index (χ3v) is 5.31. The van der Waals surface area contributed by atoms with Crippen molar-refractivity contribution < 1.29 is 23.4 Å². The van der Waals surface area contributed by atoms with Gasteiger partial charge in [0.05, 0.1) is 11.3 Å². The van der Waals surface area contributed by atoms with Crippen molar-refractivity contribution >= 4 is 34.0 Å². The van der Waals surface area contributed by atoms with E-state index in [4.69, 9.17) is 0 Å². The number of hydrogen-bond acceptors (Lipinski definition) is 3. The van der Waals surface area contributed by atoms with E-state index in [2.05, 4.69) is 9.98 Å². The van der Waals surface area contributed by atoms with E-state index < -0.39 is 11.7 Å². The molecule has 0 saturated carbocycles. The Morgan fingerprint density at radius 2 is 1.58 bits per heavy atom. The maximum atomic E-state index is 13.1. The Kier molecular flexibility index (Phi) is 4.15. The summed E-state index contributed by atoms with van der Waals surface area (Å²) in [7, 11) is 0. The monoisotopic (exact) mass is 420 g/mol. The molecule has 2 heterocycles. The third-order valence-electron chi connectivity index (χ3n) is 5.31. The van der Waals surface area contributed by atoms with E-state index in [9.17, 15) is 23.4 Å². The lowest BCUT2D eigenvalue weighted by atomic mass is 9.89. The van der Waals surface area contributed by atoms with Gasteiger partial charge in [0.1, 0.15) is 11.5 Å². The predicted molar refractivity (Wildman–Crippen MR) is 114 cm³/mol. The summed E-state index contributed by atoms with van der Waals surface area (Å²) in [5, 5.41) is 20.4. The van der Waals surface area contributed by atoms with Gasteiger partial charge in [-0.1, -0.05) is 12.1 Å². The zero-order valence-electron chi connectivity index (χ0n) is 15.9. The SMILES string of the molecule is Oc1ccc2c(c1)N=CC2=C(c1ccc(C(F)(F)F)cc1)c1c[nH]c2cc(O)ccc12. The van der Waals surface area contributed by atoms with Crippen LogP contribution in [-0.2, 0) is 6.18 Å². The van der Waals surface area contributed by atoms with Gasteiger partial charge in [-0.15, -0.1) is 0 Å². The first kappa shape index (κ1) is 19.0. The minimum Gasteiger partial charge on any atom is -0.508 e. The van der Waals surface area contributed by atoms with Crippen molar-refractivity contribution in [3.63, 3.8) is 0 Å². The molecule has 1 aliphatic heterocycles. The molecule has 0 atom stereocenters. The van der Waals surface area contributed by atoms with E-state index in [1.54, 1.807) is 42.7 Å². The zero-order chi connectivity index (χ0) is 21.8. The van der Waals surface area contributed by atoms with Gasteiger partial charge in [0.25, 0.3) is 0 Å². The van der Waals surface area contributed by atoms with E-state index in [0.717, 1.165) is 34.2 Å². The average molecular weight is 420 g/mol. The highest BCUT2D eigenvalue weighted by Crippen LogP contribution is 2.43. The molecule has 0 spiro atoms. The van der Waals surface area contributed by atoms with Crippen LogP contribution in [0.4, 0.5) is 18.9 Å². The van der Waals surface area contributed by atoms with Gasteiger partial charge in [-0.2, -0.15) is 13.2 Å². The normalized spacial score (nSPS) is 14.8. The second-order valence-electron chi connectivity index (χ2n) is 7.26. The Morgan fingerprint density at radius 1 is 0.871 bits per heavy atom. The Hall–Kier alpha value is -4.00. The largest absolute Gasteiger partial charge is 0.508 e. The lowest BCUT2D eigenvalue weighted by Gasteiger charge is -2.14. The number of phenols is 2. The summed E-state index contributed by atoms with van der Waals surface area (Å²) in [6, 6.07) is 14.7. The summed E-state index contributed by atoms with van der Waals surface area (Å²) < 4.78 is 39.3. The van der Waals surface area contributed by atoms with Crippen molar-refractivity contribution in [2.45, 2.75) is 6.18 Å². The molecule has 4 nitrogen and oxygen atoms in total. The molecule has 0 unspecified atom stereocenters. The number of phenolic OH excluding ortho intramolecular Hbond substituents is 2. The minimum atomic E-state index is -4.43. The number of aliphatic imine (C=N–C) groups is 1. The van der Waals surface area contributed by atoms with Crippen LogP contribution in [0.15, 0.2) is 71.9 Å². The number of rotatable bonds is 2. The number of benzene rings is 3. The van der Waals surface area contributed by atoms with Crippen molar-refractivity contribution in [1.82, 2.24) is 4.98 Å². The van der Waals surface area contributed by atoms with Crippen molar-refractivity contribution in [3.05, 3.63) is 89.1 Å². The number of nitrogens with one attached hydrogen (secondary N) is 1. The average Bonchev–Trinajstić information content (AvgIpc) is 3.32. The number of aromatic amines is 1. The van der Waals surface area contributed by atoms with Crippen molar-refractivity contribution in [1.29, 1.82) is 0 Å². The Balaban J connectivity index is 1.78. The van der Waals surface area contributed by atoms with Crippen LogP contribution < -0.4 is 0 Å². The Labute approximate surface area is 174 Å². The fourth-order valence-corrected chi connectivity index (χ4v) is 3.86. The summed E-state index contributed by atoms with van der Waals surface area (Å²) in [5.41, 5.74) is 4.08. The van der Waals surface area contributed by atoms with Crippen LogP contribution in [0, 0.1) is 0 Å². The maximum Gasteiger partial charge on any atom is 0.416 e. The van der Waals surface area contributed by atoms with Gasteiger partial charge in [0.15, 0.2) is 0 Å². The molecule has 1 aromatic heterocycles. The van der Waals surface area contributed by atoms with E-state index in [0.29, 0.717) is 22.3 Å². The van der Waals surface area contributed by atoms with Crippen LogP contribution in [0.25, 0.3) is 22.0 Å². The molecular weight excluding hydrogens is 405 g/mol. The smallest absolute Gasteiger partial charge is 0.416 e. The fourth-order valence-electron chi connectivity index (χ4n) is 3.86. The molecular formula is C24H15F3N2O2. The molecule has 4 aromatic rings. The standard InChI is InChI=1S/C24H15F3N2O2/c25-24(26,27)14-3-1-13(2-4-14)23(19-11-28-21-9-15(30)5-7-17(19)21)20-12-29-22-10-16(31)6-8-18(20)22/h1-12,28,30-31H. The number of aromatic hydroxyl groups is 2. The van der Waals surface area contributed by atoms with Gasteiger partial charge < -0.3 is 15.2 Å². The zero-order valence-corrected chi connectivity index (χ0v) is 15.9. The maximum absolute atomic E-state index is 13.1. The lowest BCUT2D eigenvalue weighted by molar-refractivity contribution is -0.137. The van der Waals surface area contributed by atoms with Crippen LogP contribution in [-0.4, -0.2) is 21.4 Å². The molecule has 1 aliphatic rings. The first-order valence-electron chi connectivity index (χ1n) is 9.41. The first-order valence-corrected chi connectivity index (χ1v) is 9.41. The van der Waals surface area contributed by atoms with Crippen molar-refractivity contribution in [2.75, 3.05) is 0 Å². The molecule has 0 radical (unpaired) electrons. The molecule has 154 valence electrons. The number of hydrogen-bond donors (Lipinski definition) is 3. The van der Waals surface area contributed by atoms with Crippen LogP contribution in [0.5, 0.6) is 11.5 Å². The number of fused-ring (bicyclic) bond motifs is 2. The van der Waals surface area contributed by atoms with Gasteiger partial charge in [-0.05, 0) is 42.0 Å². The molecule has 0 saturated heterocycles. The highest BCUT2D eigenvalue weighted by Gasteiger charge is 2.30. The summed E-state index contributed by atoms with van der Waals surface area (Å²) in [6.07, 6.45) is -1.02. The molecule has 5 rings (SSSR count). The number of aromatic nitrogens is 1. The summed E-state index contributed by atoms with van der Waals surface area (Å²) >= 11 is 0. The molecule has 31 heavy (non-hydrogen) atoms. The molecule has 0 aliphatic carbocycles. The molecule has 3 N–H and O–H groups in total. The number of halogens is 3. The van der Waals surface area contributed by atoms with Crippen LogP contribution in [0.1, 0.15) is 22.3 Å². The van der Waals surface area contributed by atoms with E-state index in [1.807, 2.05) is 0 Å². The van der Waals surface area contributed by atoms with Crippen molar-refractivity contribution in [3.8, 4) is 11.5 Å². The lowest BCUT2D eigenvalue weighted by Crippen LogP contribution is -2.04. The fraction of sp³-hybridized carbons (Fsp3) is 0.0417. The van der Waals surface area contributed by atoms with E-state index in [1.165, 1.54) is 18.2 Å².